The van der Waals surface area contributed by atoms with E-state index in [1.165, 1.54) is 39.6 Å². The Morgan fingerprint density at radius 3 is 2.47 bits per heavy atom. The molecule has 0 bridgehead atoms. The predicted molar refractivity (Wildman–Crippen MR) is 101 cm³/mol. The number of hydrogen-bond acceptors (Lipinski definition) is 6. The number of alkyl halides is 3. The number of nitrogens with zero attached hydrogens (tertiary/aromatic N) is 3. The van der Waals surface area contributed by atoms with Crippen molar-refractivity contribution < 1.29 is 36.0 Å². The monoisotopic (exact) mass is 467 g/mol. The van der Waals surface area contributed by atoms with Gasteiger partial charge in [-0.25, -0.2) is 22.8 Å². The van der Waals surface area contributed by atoms with Crippen molar-refractivity contribution in [2.24, 2.45) is 0 Å². The number of rotatable bonds is 7. The van der Waals surface area contributed by atoms with Crippen molar-refractivity contribution in [3.05, 3.63) is 52.8 Å². The van der Waals surface area contributed by atoms with Crippen LogP contribution in [0, 0.1) is 0 Å². The average Bonchev–Trinajstić information content (AvgIpc) is 2.70. The number of ether oxygens (including phenoxy) is 1. The Hall–Kier alpha value is -2.41. The molecule has 0 saturated carbocycles. The van der Waals surface area contributed by atoms with Gasteiger partial charge in [-0.3, -0.25) is 9.63 Å². The molecule has 0 aliphatic rings. The SMILES string of the molecule is COCN(c1cccnc1C(=O)N(C)OC)S(=O)(=O)c1ccc(Cl)c(C(F)(F)F)c1. The van der Waals surface area contributed by atoms with Crippen LogP contribution in [0.4, 0.5) is 18.9 Å². The second-order valence-corrected chi connectivity index (χ2v) is 8.04. The van der Waals surface area contributed by atoms with Crippen LogP contribution in [0.15, 0.2) is 41.4 Å². The Morgan fingerprint density at radius 2 is 1.90 bits per heavy atom. The molecular weight excluding hydrogens is 451 g/mol. The molecule has 0 fully saturated rings. The second kappa shape index (κ2) is 9.16. The fraction of sp³-hybridized carbons (Fsp3) is 0.294. The summed E-state index contributed by atoms with van der Waals surface area (Å²) in [5.41, 5.74) is -1.84. The number of hydrogen-bond donors (Lipinski definition) is 0. The summed E-state index contributed by atoms with van der Waals surface area (Å²) in [5, 5.41) is 0.159. The van der Waals surface area contributed by atoms with Crippen molar-refractivity contribution in [3.63, 3.8) is 0 Å². The second-order valence-electron chi connectivity index (χ2n) is 5.77. The summed E-state index contributed by atoms with van der Waals surface area (Å²) in [6.45, 7) is -0.602. The van der Waals surface area contributed by atoms with Crippen LogP contribution in [0.5, 0.6) is 0 Å². The highest BCUT2D eigenvalue weighted by Crippen LogP contribution is 2.37. The first-order valence-corrected chi connectivity index (χ1v) is 9.92. The average molecular weight is 468 g/mol. The molecule has 1 heterocycles. The molecule has 30 heavy (non-hydrogen) atoms. The summed E-state index contributed by atoms with van der Waals surface area (Å²) in [5.74, 6) is -0.781. The first kappa shape index (κ1) is 23.9. The fourth-order valence-electron chi connectivity index (χ4n) is 2.39. The number of carbonyl (C=O) groups excluding carboxylic acids is 1. The third kappa shape index (κ3) is 4.83. The molecule has 1 aromatic carbocycles. The van der Waals surface area contributed by atoms with Gasteiger partial charge in [-0.2, -0.15) is 13.2 Å². The van der Waals surface area contributed by atoms with E-state index in [0.717, 1.165) is 17.2 Å². The summed E-state index contributed by atoms with van der Waals surface area (Å²) in [6, 6.07) is 4.80. The van der Waals surface area contributed by atoms with Crippen molar-refractivity contribution >= 4 is 33.2 Å². The lowest BCUT2D eigenvalue weighted by atomic mass is 10.2. The van der Waals surface area contributed by atoms with E-state index < -0.39 is 44.3 Å². The smallest absolute Gasteiger partial charge is 0.363 e. The number of amides is 1. The Balaban J connectivity index is 2.66. The lowest BCUT2D eigenvalue weighted by Crippen LogP contribution is -2.36. The Labute approximate surface area is 175 Å². The maximum absolute atomic E-state index is 13.2. The van der Waals surface area contributed by atoms with Gasteiger partial charge >= 0.3 is 6.18 Å². The van der Waals surface area contributed by atoms with Gasteiger partial charge in [-0.1, -0.05) is 11.6 Å². The highest BCUT2D eigenvalue weighted by molar-refractivity contribution is 7.92. The van der Waals surface area contributed by atoms with Crippen LogP contribution in [0.25, 0.3) is 0 Å². The number of pyridine rings is 1. The molecule has 8 nitrogen and oxygen atoms in total. The highest BCUT2D eigenvalue weighted by Gasteiger charge is 2.36. The van der Waals surface area contributed by atoms with Crippen LogP contribution >= 0.6 is 11.6 Å². The van der Waals surface area contributed by atoms with Gasteiger partial charge in [0, 0.05) is 20.4 Å². The summed E-state index contributed by atoms with van der Waals surface area (Å²) in [4.78, 5) is 20.5. The quantitative estimate of drug-likeness (QED) is 0.459. The topological polar surface area (TPSA) is 89.0 Å². The minimum atomic E-state index is -4.87. The molecule has 0 aliphatic carbocycles. The van der Waals surface area contributed by atoms with Crippen molar-refractivity contribution in [2.75, 3.05) is 32.3 Å². The maximum Gasteiger partial charge on any atom is 0.417 e. The Bertz CT molecular complexity index is 1030. The van der Waals surface area contributed by atoms with Crippen LogP contribution < -0.4 is 4.31 Å². The molecule has 1 aromatic heterocycles. The summed E-state index contributed by atoms with van der Waals surface area (Å²) >= 11 is 5.58. The van der Waals surface area contributed by atoms with Gasteiger partial charge in [-0.15, -0.1) is 0 Å². The highest BCUT2D eigenvalue weighted by atomic mass is 35.5. The Morgan fingerprint density at radius 1 is 1.23 bits per heavy atom. The van der Waals surface area contributed by atoms with Gasteiger partial charge in [-0.05, 0) is 30.3 Å². The number of carbonyl (C=O) groups is 1. The predicted octanol–water partition coefficient (Wildman–Crippen LogP) is 3.19. The van der Waals surface area contributed by atoms with E-state index in [9.17, 15) is 26.4 Å². The van der Waals surface area contributed by atoms with Crippen LogP contribution in [0.3, 0.4) is 0 Å². The lowest BCUT2D eigenvalue weighted by molar-refractivity contribution is -0.137. The minimum absolute atomic E-state index is 0.211. The van der Waals surface area contributed by atoms with E-state index in [0.29, 0.717) is 10.4 Å². The van der Waals surface area contributed by atoms with Crippen LogP contribution in [0.2, 0.25) is 5.02 Å². The summed E-state index contributed by atoms with van der Waals surface area (Å²) in [6.07, 6.45) is -3.62. The molecule has 0 N–H and O–H groups in total. The molecule has 0 aliphatic heterocycles. The van der Waals surface area contributed by atoms with Gasteiger partial charge in [0.2, 0.25) is 0 Å². The van der Waals surface area contributed by atoms with E-state index in [4.69, 9.17) is 21.2 Å². The summed E-state index contributed by atoms with van der Waals surface area (Å²) < 4.78 is 71.5. The molecule has 164 valence electrons. The fourth-order valence-corrected chi connectivity index (χ4v) is 4.03. The number of hydroxylamine groups is 2. The van der Waals surface area contributed by atoms with Gasteiger partial charge in [0.25, 0.3) is 15.9 Å². The first-order valence-electron chi connectivity index (χ1n) is 8.10. The van der Waals surface area contributed by atoms with Crippen LogP contribution in [-0.4, -0.2) is 52.4 Å². The van der Waals surface area contributed by atoms with Gasteiger partial charge in [0.15, 0.2) is 5.69 Å². The molecule has 0 atom stereocenters. The molecule has 0 spiro atoms. The molecule has 13 heteroatoms. The van der Waals surface area contributed by atoms with E-state index >= 15 is 0 Å². The molecule has 0 radical (unpaired) electrons. The standard InChI is InChI=1S/C17H17ClF3N3O5S/c1-23(29-3)16(25)15-14(5-4-8-22-15)24(10-28-2)30(26,27)11-6-7-13(18)12(9-11)17(19,20)21/h4-9H,10H2,1-3H3. The third-order valence-corrected chi connectivity index (χ3v) is 5.96. The number of aromatic nitrogens is 1. The third-order valence-electron chi connectivity index (χ3n) is 3.90. The maximum atomic E-state index is 13.2. The molecule has 1 amide bonds. The largest absolute Gasteiger partial charge is 0.417 e. The van der Waals surface area contributed by atoms with E-state index in [1.807, 2.05) is 0 Å². The zero-order chi connectivity index (χ0) is 22.7. The van der Waals surface area contributed by atoms with Gasteiger partial charge in [0.1, 0.15) is 6.73 Å². The number of methoxy groups -OCH3 is 1. The van der Waals surface area contributed by atoms with Crippen molar-refractivity contribution in [1.82, 2.24) is 10.0 Å². The van der Waals surface area contributed by atoms with Crippen molar-refractivity contribution in [2.45, 2.75) is 11.1 Å². The number of benzene rings is 1. The molecule has 0 unspecified atom stereocenters. The Kier molecular flexibility index (Phi) is 7.29. The number of anilines is 1. The van der Waals surface area contributed by atoms with E-state index in [2.05, 4.69) is 4.98 Å². The summed E-state index contributed by atoms with van der Waals surface area (Å²) in [7, 11) is -0.920. The molecule has 2 rings (SSSR count). The zero-order valence-electron chi connectivity index (χ0n) is 16.0. The lowest BCUT2D eigenvalue weighted by Gasteiger charge is -2.26. The minimum Gasteiger partial charge on any atom is -0.363 e. The van der Waals surface area contributed by atoms with Gasteiger partial charge in [0.05, 0.1) is 28.3 Å². The number of sulfonamides is 1. The number of halogens is 4. The van der Waals surface area contributed by atoms with Crippen molar-refractivity contribution in [1.29, 1.82) is 0 Å². The van der Waals surface area contributed by atoms with E-state index in [1.54, 1.807) is 0 Å². The van der Waals surface area contributed by atoms with Gasteiger partial charge < -0.3 is 4.74 Å². The van der Waals surface area contributed by atoms with E-state index in [-0.39, 0.29) is 11.4 Å². The molecular formula is C17H17ClF3N3O5S. The van der Waals surface area contributed by atoms with Crippen LogP contribution in [-0.2, 0) is 25.8 Å². The first-order chi connectivity index (χ1) is 13.9. The van der Waals surface area contributed by atoms with Crippen LogP contribution in [0.1, 0.15) is 16.1 Å². The molecule has 2 aromatic rings. The normalized spacial score (nSPS) is 12.0. The van der Waals surface area contributed by atoms with Crippen molar-refractivity contribution in [3.8, 4) is 0 Å². The zero-order valence-corrected chi connectivity index (χ0v) is 17.5. The molecule has 0 saturated heterocycles.